The van der Waals surface area contributed by atoms with Crippen LogP contribution >= 0.6 is 0 Å². The molecular formula is C14H18FN3O. The number of halogens is 1. The van der Waals surface area contributed by atoms with Gasteiger partial charge in [-0.2, -0.15) is 5.10 Å². The Hall–Kier alpha value is -1.88. The van der Waals surface area contributed by atoms with Gasteiger partial charge >= 0.3 is 0 Å². The van der Waals surface area contributed by atoms with E-state index in [2.05, 4.69) is 17.3 Å². The van der Waals surface area contributed by atoms with Gasteiger partial charge in [0.2, 0.25) is 0 Å². The van der Waals surface area contributed by atoms with Crippen molar-refractivity contribution in [2.24, 2.45) is 7.05 Å². The molecular weight excluding hydrogens is 245 g/mol. The van der Waals surface area contributed by atoms with Crippen LogP contribution in [0.4, 0.5) is 4.39 Å². The molecule has 0 bridgehead atoms. The maximum atomic E-state index is 13.8. The molecule has 1 aromatic heterocycles. The van der Waals surface area contributed by atoms with E-state index in [0.717, 1.165) is 13.0 Å². The fraction of sp³-hybridized carbons (Fsp3) is 0.357. The minimum absolute atomic E-state index is 0.259. The topological polar surface area (TPSA) is 39.1 Å². The lowest BCUT2D eigenvalue weighted by Gasteiger charge is -2.11. The van der Waals surface area contributed by atoms with Crippen molar-refractivity contribution in [2.45, 2.75) is 19.9 Å². The van der Waals surface area contributed by atoms with Gasteiger partial charge in [-0.15, -0.1) is 0 Å². The van der Waals surface area contributed by atoms with Gasteiger partial charge in [0.25, 0.3) is 0 Å². The zero-order valence-electron chi connectivity index (χ0n) is 11.2. The van der Waals surface area contributed by atoms with Crippen molar-refractivity contribution in [3.63, 3.8) is 0 Å². The summed E-state index contributed by atoms with van der Waals surface area (Å²) < 4.78 is 21.2. The zero-order chi connectivity index (χ0) is 13.7. The number of hydrogen-bond acceptors (Lipinski definition) is 3. The molecule has 1 heterocycles. The van der Waals surface area contributed by atoms with Crippen molar-refractivity contribution in [1.29, 1.82) is 0 Å². The summed E-state index contributed by atoms with van der Waals surface area (Å²) in [6.45, 7) is 3.37. The predicted molar refractivity (Wildman–Crippen MR) is 71.7 cm³/mol. The Morgan fingerprint density at radius 1 is 1.42 bits per heavy atom. The Bertz CT molecular complexity index is 539. The van der Waals surface area contributed by atoms with Crippen molar-refractivity contribution < 1.29 is 9.13 Å². The molecule has 0 spiro atoms. The molecule has 0 fully saturated rings. The Labute approximate surface area is 112 Å². The number of aromatic nitrogens is 2. The number of nitrogens with zero attached hydrogens (tertiary/aromatic N) is 2. The molecule has 0 saturated heterocycles. The molecule has 2 rings (SSSR count). The molecule has 0 saturated carbocycles. The first-order chi connectivity index (χ1) is 9.20. The van der Waals surface area contributed by atoms with Gasteiger partial charge in [-0.05, 0) is 25.1 Å². The van der Waals surface area contributed by atoms with Crippen LogP contribution in [0.3, 0.4) is 0 Å². The van der Waals surface area contributed by atoms with E-state index in [4.69, 9.17) is 4.74 Å². The van der Waals surface area contributed by atoms with E-state index >= 15 is 0 Å². The summed E-state index contributed by atoms with van der Waals surface area (Å²) in [7, 11) is 1.81. The minimum Gasteiger partial charge on any atom is -0.454 e. The molecule has 0 unspecified atom stereocenters. The van der Waals surface area contributed by atoms with Crippen LogP contribution in [-0.2, 0) is 13.6 Å². The Balaban J connectivity index is 2.16. The number of aryl methyl sites for hydroxylation is 1. The molecule has 0 amide bonds. The third kappa shape index (κ3) is 3.54. The first kappa shape index (κ1) is 13.5. The standard InChI is InChI=1S/C14H18FN3O/c1-3-7-16-9-12-13(15)5-4-6-14(12)19-11-8-17-18(2)10-11/h4-6,8,10,16H,3,7,9H2,1-2H3. The van der Waals surface area contributed by atoms with Crippen LogP contribution in [0, 0.1) is 5.82 Å². The van der Waals surface area contributed by atoms with Crippen molar-refractivity contribution in [3.8, 4) is 11.5 Å². The molecule has 5 heteroatoms. The van der Waals surface area contributed by atoms with E-state index < -0.39 is 0 Å². The highest BCUT2D eigenvalue weighted by molar-refractivity contribution is 5.37. The van der Waals surface area contributed by atoms with Gasteiger partial charge in [-0.1, -0.05) is 13.0 Å². The normalized spacial score (nSPS) is 10.7. The molecule has 0 aliphatic heterocycles. The van der Waals surface area contributed by atoms with Crippen LogP contribution in [0.5, 0.6) is 11.5 Å². The van der Waals surface area contributed by atoms with Crippen LogP contribution in [0.15, 0.2) is 30.6 Å². The highest BCUT2D eigenvalue weighted by atomic mass is 19.1. The van der Waals surface area contributed by atoms with E-state index in [1.165, 1.54) is 6.07 Å². The molecule has 0 radical (unpaired) electrons. The lowest BCUT2D eigenvalue weighted by atomic mass is 10.2. The molecule has 2 aromatic rings. The molecule has 102 valence electrons. The van der Waals surface area contributed by atoms with Crippen LogP contribution in [0.2, 0.25) is 0 Å². The van der Waals surface area contributed by atoms with E-state index in [1.807, 2.05) is 7.05 Å². The summed E-state index contributed by atoms with van der Waals surface area (Å²) in [5.41, 5.74) is 0.541. The van der Waals surface area contributed by atoms with Crippen molar-refractivity contribution in [2.75, 3.05) is 6.54 Å². The van der Waals surface area contributed by atoms with Gasteiger partial charge in [-0.3, -0.25) is 4.68 Å². The maximum absolute atomic E-state index is 13.8. The van der Waals surface area contributed by atoms with Crippen LogP contribution in [0.25, 0.3) is 0 Å². The number of benzene rings is 1. The van der Waals surface area contributed by atoms with Gasteiger partial charge in [0.05, 0.1) is 12.4 Å². The Kier molecular flexibility index (Phi) is 4.52. The zero-order valence-corrected chi connectivity index (χ0v) is 11.2. The van der Waals surface area contributed by atoms with Crippen molar-refractivity contribution in [3.05, 3.63) is 42.0 Å². The van der Waals surface area contributed by atoms with Crippen molar-refractivity contribution in [1.82, 2.24) is 15.1 Å². The third-order valence-corrected chi connectivity index (χ3v) is 2.71. The van der Waals surface area contributed by atoms with Gasteiger partial charge in [0.15, 0.2) is 5.75 Å². The highest BCUT2D eigenvalue weighted by Gasteiger charge is 2.10. The molecule has 1 aromatic carbocycles. The largest absolute Gasteiger partial charge is 0.454 e. The fourth-order valence-electron chi connectivity index (χ4n) is 1.77. The lowest BCUT2D eigenvalue weighted by Crippen LogP contribution is -2.15. The number of ether oxygens (including phenoxy) is 1. The second kappa shape index (κ2) is 6.33. The third-order valence-electron chi connectivity index (χ3n) is 2.71. The molecule has 0 aliphatic carbocycles. The lowest BCUT2D eigenvalue weighted by molar-refractivity contribution is 0.461. The highest BCUT2D eigenvalue weighted by Crippen LogP contribution is 2.26. The van der Waals surface area contributed by atoms with Gasteiger partial charge < -0.3 is 10.1 Å². The predicted octanol–water partition coefficient (Wildman–Crippen LogP) is 2.85. The summed E-state index contributed by atoms with van der Waals surface area (Å²) in [4.78, 5) is 0. The summed E-state index contributed by atoms with van der Waals surface area (Å²) in [5.74, 6) is 0.867. The second-order valence-electron chi connectivity index (χ2n) is 4.35. The summed E-state index contributed by atoms with van der Waals surface area (Å²) in [6, 6.07) is 4.85. The van der Waals surface area contributed by atoms with E-state index in [-0.39, 0.29) is 5.82 Å². The average molecular weight is 263 g/mol. The molecule has 0 aliphatic rings. The van der Waals surface area contributed by atoms with Crippen LogP contribution in [0.1, 0.15) is 18.9 Å². The minimum atomic E-state index is -0.259. The first-order valence-corrected chi connectivity index (χ1v) is 6.35. The number of rotatable bonds is 6. The monoisotopic (exact) mass is 263 g/mol. The van der Waals surface area contributed by atoms with Crippen LogP contribution in [-0.4, -0.2) is 16.3 Å². The first-order valence-electron chi connectivity index (χ1n) is 6.35. The van der Waals surface area contributed by atoms with E-state index in [1.54, 1.807) is 29.2 Å². The van der Waals surface area contributed by atoms with E-state index in [0.29, 0.717) is 23.6 Å². The number of hydrogen-bond donors (Lipinski definition) is 1. The Morgan fingerprint density at radius 2 is 2.26 bits per heavy atom. The summed E-state index contributed by atoms with van der Waals surface area (Å²) in [5, 5.41) is 7.21. The maximum Gasteiger partial charge on any atom is 0.165 e. The summed E-state index contributed by atoms with van der Waals surface area (Å²) in [6.07, 6.45) is 4.36. The van der Waals surface area contributed by atoms with Crippen LogP contribution < -0.4 is 10.1 Å². The fourth-order valence-corrected chi connectivity index (χ4v) is 1.77. The summed E-state index contributed by atoms with van der Waals surface area (Å²) >= 11 is 0. The molecule has 1 N–H and O–H groups in total. The second-order valence-corrected chi connectivity index (χ2v) is 4.35. The average Bonchev–Trinajstić information content (AvgIpc) is 2.78. The van der Waals surface area contributed by atoms with Gasteiger partial charge in [0.1, 0.15) is 11.6 Å². The van der Waals surface area contributed by atoms with Gasteiger partial charge in [-0.25, -0.2) is 4.39 Å². The van der Waals surface area contributed by atoms with E-state index in [9.17, 15) is 4.39 Å². The quantitative estimate of drug-likeness (QED) is 0.814. The molecule has 19 heavy (non-hydrogen) atoms. The molecule has 0 atom stereocenters. The van der Waals surface area contributed by atoms with Crippen molar-refractivity contribution >= 4 is 0 Å². The number of nitrogens with one attached hydrogen (secondary N) is 1. The van der Waals surface area contributed by atoms with Gasteiger partial charge in [0, 0.05) is 19.2 Å². The SMILES string of the molecule is CCCNCc1c(F)cccc1Oc1cnn(C)c1. The molecule has 4 nitrogen and oxygen atoms in total. The smallest absolute Gasteiger partial charge is 0.165 e. The Morgan fingerprint density at radius 3 is 2.95 bits per heavy atom.